The van der Waals surface area contributed by atoms with Crippen molar-refractivity contribution >= 4 is 5.82 Å². The molecule has 0 aromatic carbocycles. The number of nitrogens with zero attached hydrogens (tertiary/aromatic N) is 4. The number of anilines is 1. The van der Waals surface area contributed by atoms with E-state index in [9.17, 15) is 0 Å². The third-order valence-corrected chi connectivity index (χ3v) is 2.91. The van der Waals surface area contributed by atoms with E-state index in [-0.39, 0.29) is 0 Å². The number of hydrogen-bond donors (Lipinski definition) is 2. The first-order chi connectivity index (χ1) is 8.28. The number of imidazole rings is 1. The van der Waals surface area contributed by atoms with Crippen LogP contribution in [0.15, 0.2) is 18.5 Å². The molecule has 0 aliphatic heterocycles. The van der Waals surface area contributed by atoms with Gasteiger partial charge in [-0.3, -0.25) is 0 Å². The van der Waals surface area contributed by atoms with E-state index >= 15 is 0 Å². The topological polar surface area (TPSA) is 81.7 Å². The lowest BCUT2D eigenvalue weighted by Crippen LogP contribution is -2.11. The van der Waals surface area contributed by atoms with Crippen LogP contribution in [0.2, 0.25) is 0 Å². The standard InChI is InChI=1S/C11H14N6/c1-17-5-4-13-11(17)10-14-8(7-2-3-7)6-9(15-10)16-12/h4-7H,2-3,12H2,1H3,(H,14,15,16). The zero-order chi connectivity index (χ0) is 11.8. The summed E-state index contributed by atoms with van der Waals surface area (Å²) in [7, 11) is 1.92. The zero-order valence-electron chi connectivity index (χ0n) is 9.59. The van der Waals surface area contributed by atoms with Crippen molar-refractivity contribution in [3.8, 4) is 11.6 Å². The van der Waals surface area contributed by atoms with Crippen LogP contribution >= 0.6 is 0 Å². The molecule has 2 aromatic heterocycles. The monoisotopic (exact) mass is 230 g/mol. The Labute approximate surface area is 98.9 Å². The first-order valence-electron chi connectivity index (χ1n) is 5.61. The Bertz CT molecular complexity index is 543. The first-order valence-corrected chi connectivity index (χ1v) is 5.61. The van der Waals surface area contributed by atoms with Gasteiger partial charge in [-0.2, -0.15) is 0 Å². The molecular formula is C11H14N6. The Morgan fingerprint density at radius 1 is 1.41 bits per heavy atom. The van der Waals surface area contributed by atoms with Crippen molar-refractivity contribution in [2.24, 2.45) is 12.9 Å². The van der Waals surface area contributed by atoms with Crippen molar-refractivity contribution in [3.05, 3.63) is 24.2 Å². The van der Waals surface area contributed by atoms with Gasteiger partial charge in [0.1, 0.15) is 5.82 Å². The molecule has 17 heavy (non-hydrogen) atoms. The molecule has 3 N–H and O–H groups in total. The summed E-state index contributed by atoms with van der Waals surface area (Å²) < 4.78 is 1.90. The second-order valence-corrected chi connectivity index (χ2v) is 4.28. The maximum atomic E-state index is 5.43. The maximum Gasteiger partial charge on any atom is 0.198 e. The van der Waals surface area contributed by atoms with E-state index in [1.54, 1.807) is 6.20 Å². The van der Waals surface area contributed by atoms with Crippen LogP contribution in [0.5, 0.6) is 0 Å². The quantitative estimate of drug-likeness (QED) is 0.608. The third-order valence-electron chi connectivity index (χ3n) is 2.91. The fraction of sp³-hybridized carbons (Fsp3) is 0.364. The van der Waals surface area contributed by atoms with Gasteiger partial charge in [0.15, 0.2) is 11.6 Å². The van der Waals surface area contributed by atoms with Gasteiger partial charge in [-0.25, -0.2) is 20.8 Å². The predicted octanol–water partition coefficient (Wildman–Crippen LogP) is 1.04. The van der Waals surface area contributed by atoms with Crippen molar-refractivity contribution in [3.63, 3.8) is 0 Å². The molecule has 1 saturated carbocycles. The third kappa shape index (κ3) is 1.87. The van der Waals surface area contributed by atoms with Gasteiger partial charge in [0.05, 0.1) is 0 Å². The minimum Gasteiger partial charge on any atom is -0.331 e. The SMILES string of the molecule is Cn1ccnc1-c1nc(NN)cc(C2CC2)n1. The van der Waals surface area contributed by atoms with E-state index in [1.165, 1.54) is 12.8 Å². The van der Waals surface area contributed by atoms with Gasteiger partial charge in [0.2, 0.25) is 0 Å². The molecule has 2 aromatic rings. The van der Waals surface area contributed by atoms with E-state index in [0.717, 1.165) is 11.5 Å². The Kier molecular flexibility index (Phi) is 2.29. The second kappa shape index (κ2) is 3.81. The van der Waals surface area contributed by atoms with Crippen LogP contribution < -0.4 is 11.3 Å². The van der Waals surface area contributed by atoms with Crippen LogP contribution in [0.1, 0.15) is 24.5 Å². The summed E-state index contributed by atoms with van der Waals surface area (Å²) in [5.41, 5.74) is 3.63. The number of nitrogen functional groups attached to an aromatic ring is 1. The number of aromatic nitrogens is 4. The highest BCUT2D eigenvalue weighted by Gasteiger charge is 2.26. The highest BCUT2D eigenvalue weighted by molar-refractivity contribution is 5.50. The van der Waals surface area contributed by atoms with Gasteiger partial charge in [-0.05, 0) is 12.8 Å². The molecule has 0 saturated heterocycles. The van der Waals surface area contributed by atoms with Crippen molar-refractivity contribution in [1.29, 1.82) is 0 Å². The van der Waals surface area contributed by atoms with Crippen molar-refractivity contribution in [1.82, 2.24) is 19.5 Å². The van der Waals surface area contributed by atoms with Crippen LogP contribution in [0.4, 0.5) is 5.82 Å². The van der Waals surface area contributed by atoms with Crippen molar-refractivity contribution in [2.45, 2.75) is 18.8 Å². The molecule has 6 nitrogen and oxygen atoms in total. The maximum absolute atomic E-state index is 5.43. The average molecular weight is 230 g/mol. The van der Waals surface area contributed by atoms with Crippen LogP contribution in [0.25, 0.3) is 11.6 Å². The van der Waals surface area contributed by atoms with Gasteiger partial charge >= 0.3 is 0 Å². The minimum atomic E-state index is 0.559. The Hall–Kier alpha value is -1.95. The Balaban J connectivity index is 2.09. The second-order valence-electron chi connectivity index (χ2n) is 4.28. The lowest BCUT2D eigenvalue weighted by atomic mass is 10.2. The number of rotatable bonds is 3. The first kappa shape index (κ1) is 10.2. The predicted molar refractivity (Wildman–Crippen MR) is 64.0 cm³/mol. The van der Waals surface area contributed by atoms with E-state index < -0.39 is 0 Å². The number of hydrogen-bond acceptors (Lipinski definition) is 5. The molecule has 0 bridgehead atoms. The summed E-state index contributed by atoms with van der Waals surface area (Å²) in [6.45, 7) is 0. The summed E-state index contributed by atoms with van der Waals surface area (Å²) in [4.78, 5) is 13.1. The van der Waals surface area contributed by atoms with Gasteiger partial charge in [0, 0.05) is 37.1 Å². The van der Waals surface area contributed by atoms with Crippen molar-refractivity contribution in [2.75, 3.05) is 5.43 Å². The van der Waals surface area contributed by atoms with Crippen molar-refractivity contribution < 1.29 is 0 Å². The molecule has 1 fully saturated rings. The van der Waals surface area contributed by atoms with Crippen LogP contribution in [-0.2, 0) is 7.05 Å². The molecule has 3 rings (SSSR count). The smallest absolute Gasteiger partial charge is 0.198 e. The molecule has 0 radical (unpaired) electrons. The molecule has 2 heterocycles. The molecule has 88 valence electrons. The van der Waals surface area contributed by atoms with Crippen LogP contribution in [-0.4, -0.2) is 19.5 Å². The lowest BCUT2D eigenvalue weighted by Gasteiger charge is -2.06. The Morgan fingerprint density at radius 2 is 2.24 bits per heavy atom. The molecule has 0 unspecified atom stereocenters. The molecule has 0 spiro atoms. The van der Waals surface area contributed by atoms with Gasteiger partial charge in [0.25, 0.3) is 0 Å². The van der Waals surface area contributed by atoms with E-state index in [4.69, 9.17) is 5.84 Å². The molecule has 6 heteroatoms. The normalized spacial score (nSPS) is 14.9. The molecule has 1 aliphatic rings. The summed E-state index contributed by atoms with van der Waals surface area (Å²) in [5, 5.41) is 0. The zero-order valence-corrected chi connectivity index (χ0v) is 9.59. The highest BCUT2D eigenvalue weighted by atomic mass is 15.3. The lowest BCUT2D eigenvalue weighted by molar-refractivity contribution is 0.894. The molecule has 0 amide bonds. The number of aryl methyl sites for hydroxylation is 1. The summed E-state index contributed by atoms with van der Waals surface area (Å²) in [6, 6.07) is 1.91. The van der Waals surface area contributed by atoms with Gasteiger partial charge in [-0.1, -0.05) is 0 Å². The fourth-order valence-corrected chi connectivity index (χ4v) is 1.81. The molecular weight excluding hydrogens is 216 g/mol. The van der Waals surface area contributed by atoms with Gasteiger partial charge in [-0.15, -0.1) is 0 Å². The number of hydrazine groups is 1. The average Bonchev–Trinajstić information content (AvgIpc) is 3.11. The summed E-state index contributed by atoms with van der Waals surface area (Å²) in [6.07, 6.45) is 6.00. The number of nitrogens with one attached hydrogen (secondary N) is 1. The van der Waals surface area contributed by atoms with E-state index in [1.807, 2.05) is 23.9 Å². The highest BCUT2D eigenvalue weighted by Crippen LogP contribution is 2.39. The Morgan fingerprint density at radius 3 is 2.82 bits per heavy atom. The summed E-state index contributed by atoms with van der Waals surface area (Å²) >= 11 is 0. The van der Waals surface area contributed by atoms with E-state index in [0.29, 0.717) is 17.6 Å². The van der Waals surface area contributed by atoms with E-state index in [2.05, 4.69) is 20.4 Å². The minimum absolute atomic E-state index is 0.559. The number of nitrogens with two attached hydrogens (primary N) is 1. The van der Waals surface area contributed by atoms with Gasteiger partial charge < -0.3 is 9.99 Å². The van der Waals surface area contributed by atoms with Crippen LogP contribution in [0.3, 0.4) is 0 Å². The molecule has 0 atom stereocenters. The largest absolute Gasteiger partial charge is 0.331 e. The van der Waals surface area contributed by atoms with Crippen LogP contribution in [0, 0.1) is 0 Å². The summed E-state index contributed by atoms with van der Waals surface area (Å²) in [5.74, 6) is 8.00. The molecule has 1 aliphatic carbocycles. The fourth-order valence-electron chi connectivity index (χ4n) is 1.81.